The molecular formula is C49H54BrFN11O6P. The largest absolute Gasteiger partial charge is 0.494 e. The number of benzene rings is 3. The molecule has 3 N–H and O–H groups in total. The van der Waals surface area contributed by atoms with Crippen LogP contribution in [0.15, 0.2) is 71.6 Å². The maximum absolute atomic E-state index is 16.9. The highest BCUT2D eigenvalue weighted by Gasteiger charge is 2.45. The number of methoxy groups -OCH3 is 1. The SMILES string of the molecule is COc1cc(N2CCC(F)(CN3CCN(c4ccc5c(c4)C(=O)N(C4CCC(=O)NC4=O)C5=O)CC3)CC2)c(-c2cnn(C)c2)cc1Nc1ncc(Br)c(Nc2ccc(C3CC3)cc2P(C)(C)=O)n1. The number of alkyl halides is 1. The van der Waals surface area contributed by atoms with Gasteiger partial charge in [0.15, 0.2) is 0 Å². The van der Waals surface area contributed by atoms with Crippen molar-refractivity contribution >= 4 is 86.5 Å². The van der Waals surface area contributed by atoms with Crippen LogP contribution in [0, 0.1) is 0 Å². The molecule has 5 aromatic rings. The first kappa shape index (κ1) is 46.6. The van der Waals surface area contributed by atoms with E-state index in [1.807, 2.05) is 37.5 Å². The number of imide groups is 2. The first-order valence-electron chi connectivity index (χ1n) is 23.3. The average molecular weight is 1020 g/mol. The molecule has 2 aromatic heterocycles. The van der Waals surface area contributed by atoms with Gasteiger partial charge in [0, 0.05) is 118 Å². The van der Waals surface area contributed by atoms with Crippen molar-refractivity contribution in [1.82, 2.24) is 34.9 Å². The van der Waals surface area contributed by atoms with Crippen molar-refractivity contribution in [2.75, 3.05) is 86.7 Å². The monoisotopic (exact) mass is 1020 g/mol. The highest BCUT2D eigenvalue weighted by Crippen LogP contribution is 2.46. The van der Waals surface area contributed by atoms with Crippen molar-refractivity contribution in [2.45, 2.75) is 56.2 Å². The lowest BCUT2D eigenvalue weighted by Crippen LogP contribution is -2.54. The van der Waals surface area contributed by atoms with E-state index in [4.69, 9.17) is 9.72 Å². The first-order valence-corrected chi connectivity index (χ1v) is 26.7. The standard InChI is InChI=1S/C49H54BrFN11O6P/c1-58-27-31(25-53-58)34-23-38(55-48-52-26-36(50)44(57-48)54-37-10-7-30(29-5-6-29)21-42(37)69(3,4)67)41(68-2)24-40(34)61-15-13-49(51,14-16-61)28-59-17-19-60(20-18-59)32-8-9-33-35(22-32)47(66)62(46(33)65)39-11-12-43(63)56-45(39)64/h7-10,21-27,29,39H,5-6,11-20,28H2,1-4H3,(H,56,63,64)(H2,52,54,55,57). The molecule has 0 spiro atoms. The third-order valence-electron chi connectivity index (χ3n) is 13.9. The zero-order valence-corrected chi connectivity index (χ0v) is 41.4. The molecular weight excluding hydrogens is 968 g/mol. The predicted octanol–water partition coefficient (Wildman–Crippen LogP) is 6.79. The molecule has 20 heteroatoms. The Bertz CT molecular complexity index is 2940. The zero-order chi connectivity index (χ0) is 48.4. The summed E-state index contributed by atoms with van der Waals surface area (Å²) >= 11 is 3.60. The Balaban J connectivity index is 0.804. The summed E-state index contributed by atoms with van der Waals surface area (Å²) in [6.07, 6.45) is 8.51. The summed E-state index contributed by atoms with van der Waals surface area (Å²) in [7, 11) is 0.839. The fourth-order valence-electron chi connectivity index (χ4n) is 9.95. The minimum Gasteiger partial charge on any atom is -0.494 e. The van der Waals surface area contributed by atoms with Gasteiger partial charge in [0.25, 0.3) is 11.8 Å². The van der Waals surface area contributed by atoms with Crippen LogP contribution in [0.3, 0.4) is 0 Å². The van der Waals surface area contributed by atoms with E-state index in [1.165, 1.54) is 5.56 Å². The number of halogens is 2. The van der Waals surface area contributed by atoms with Crippen molar-refractivity contribution in [3.05, 3.63) is 88.3 Å². The number of nitrogens with one attached hydrogen (secondary N) is 3. The summed E-state index contributed by atoms with van der Waals surface area (Å²) in [6, 6.07) is 14.2. The number of piperidine rings is 2. The highest BCUT2D eigenvalue weighted by atomic mass is 79.9. The van der Waals surface area contributed by atoms with Crippen LogP contribution in [0.25, 0.3) is 11.1 Å². The second-order valence-electron chi connectivity index (χ2n) is 19.1. The van der Waals surface area contributed by atoms with Crippen molar-refractivity contribution in [1.29, 1.82) is 0 Å². The number of aryl methyl sites for hydroxylation is 1. The van der Waals surface area contributed by atoms with E-state index in [0.29, 0.717) is 92.2 Å². The fraction of sp³-hybridized carbons (Fsp3) is 0.408. The molecule has 1 saturated carbocycles. The van der Waals surface area contributed by atoms with Crippen molar-refractivity contribution in [3.63, 3.8) is 0 Å². The predicted molar refractivity (Wildman–Crippen MR) is 266 cm³/mol. The number of hydrogen-bond acceptors (Lipinski definition) is 14. The topological polar surface area (TPSA) is 187 Å². The van der Waals surface area contributed by atoms with E-state index in [1.54, 1.807) is 49.6 Å². The molecule has 3 saturated heterocycles. The van der Waals surface area contributed by atoms with Crippen molar-refractivity contribution in [2.24, 2.45) is 7.05 Å². The van der Waals surface area contributed by atoms with E-state index < -0.39 is 42.5 Å². The summed E-state index contributed by atoms with van der Waals surface area (Å²) < 4.78 is 38.7. The number of fused-ring (bicyclic) bond motifs is 1. The highest BCUT2D eigenvalue weighted by molar-refractivity contribution is 9.10. The molecule has 69 heavy (non-hydrogen) atoms. The van der Waals surface area contributed by atoms with E-state index in [0.717, 1.165) is 51.2 Å². The molecule has 4 aliphatic heterocycles. The molecule has 1 atom stereocenters. The molecule has 1 unspecified atom stereocenters. The summed E-state index contributed by atoms with van der Waals surface area (Å²) in [5.41, 5.74) is 5.06. The number of anilines is 6. The van der Waals surface area contributed by atoms with Crippen LogP contribution in [-0.2, 0) is 21.2 Å². The lowest BCUT2D eigenvalue weighted by atomic mass is 9.91. The van der Waals surface area contributed by atoms with E-state index in [2.05, 4.69) is 68.8 Å². The molecule has 17 nitrogen and oxygen atoms in total. The number of hydrogen-bond donors (Lipinski definition) is 3. The number of carbonyl (C=O) groups excluding carboxylic acids is 4. The van der Waals surface area contributed by atoms with Gasteiger partial charge in [-0.25, -0.2) is 9.37 Å². The molecule has 1 aliphatic carbocycles. The minimum absolute atomic E-state index is 0.0565. The van der Waals surface area contributed by atoms with Gasteiger partial charge in [0.1, 0.15) is 30.4 Å². The van der Waals surface area contributed by atoms with Crippen LogP contribution in [0.4, 0.5) is 38.9 Å². The number of carbonyl (C=O) groups is 4. The van der Waals surface area contributed by atoms with Crippen LogP contribution < -0.4 is 35.8 Å². The number of piperazine rings is 1. The maximum Gasteiger partial charge on any atom is 0.262 e. The van der Waals surface area contributed by atoms with Crippen LogP contribution in [-0.4, -0.2) is 131 Å². The molecule has 0 radical (unpaired) electrons. The van der Waals surface area contributed by atoms with Crippen LogP contribution in [0.2, 0.25) is 0 Å². The lowest BCUT2D eigenvalue weighted by molar-refractivity contribution is -0.136. The van der Waals surface area contributed by atoms with E-state index >= 15 is 4.39 Å². The smallest absolute Gasteiger partial charge is 0.262 e. The number of amides is 4. The molecule has 4 fully saturated rings. The number of nitrogens with zero attached hydrogens (tertiary/aromatic N) is 8. The molecule has 360 valence electrons. The van der Waals surface area contributed by atoms with Crippen LogP contribution >= 0.6 is 23.1 Å². The molecule has 0 bridgehead atoms. The Labute approximate surface area is 407 Å². The third kappa shape index (κ3) is 9.48. The summed E-state index contributed by atoms with van der Waals surface area (Å²) in [5.74, 6) is -0.245. The Kier molecular flexibility index (Phi) is 12.3. The number of aromatic nitrogens is 4. The van der Waals surface area contributed by atoms with Gasteiger partial charge in [0.05, 0.1) is 40.3 Å². The van der Waals surface area contributed by atoms with Gasteiger partial charge in [-0.2, -0.15) is 10.1 Å². The van der Waals surface area contributed by atoms with Crippen molar-refractivity contribution in [3.8, 4) is 16.9 Å². The average Bonchev–Trinajstić information content (AvgIpc) is 4.04. The molecule has 6 heterocycles. The molecule has 3 aromatic carbocycles. The van der Waals surface area contributed by atoms with E-state index in [-0.39, 0.29) is 24.0 Å². The zero-order valence-electron chi connectivity index (χ0n) is 38.9. The van der Waals surface area contributed by atoms with Gasteiger partial charge in [-0.15, -0.1) is 0 Å². The molecule has 4 amide bonds. The molecule has 10 rings (SSSR count). The normalized spacial score (nSPS) is 19.7. The summed E-state index contributed by atoms with van der Waals surface area (Å²) in [6.45, 7) is 7.26. The minimum atomic E-state index is -2.63. The fourth-order valence-corrected chi connectivity index (χ4v) is 11.4. The number of ether oxygens (including phenoxy) is 1. The van der Waals surface area contributed by atoms with Crippen LogP contribution in [0.5, 0.6) is 5.75 Å². The summed E-state index contributed by atoms with van der Waals surface area (Å²) in [4.78, 5) is 67.8. The number of rotatable bonds is 13. The van der Waals surface area contributed by atoms with Gasteiger partial charge in [-0.3, -0.25) is 39.0 Å². The third-order valence-corrected chi connectivity index (χ3v) is 16.0. The second kappa shape index (κ2) is 18.3. The van der Waals surface area contributed by atoms with Gasteiger partial charge >= 0.3 is 0 Å². The van der Waals surface area contributed by atoms with Gasteiger partial charge in [-0.05, 0) is 96.4 Å². The summed E-state index contributed by atoms with van der Waals surface area (Å²) in [5, 5.41) is 14.3. The Morgan fingerprint density at radius 3 is 2.30 bits per heavy atom. The van der Waals surface area contributed by atoms with Crippen LogP contribution in [0.1, 0.15) is 70.7 Å². The Morgan fingerprint density at radius 2 is 1.62 bits per heavy atom. The van der Waals surface area contributed by atoms with Gasteiger partial charge in [0.2, 0.25) is 17.8 Å². The second-order valence-corrected chi connectivity index (χ2v) is 23.1. The maximum atomic E-state index is 16.9. The molecule has 5 aliphatic rings. The van der Waals surface area contributed by atoms with E-state index in [9.17, 15) is 23.7 Å². The first-order chi connectivity index (χ1) is 33.0. The van der Waals surface area contributed by atoms with Gasteiger partial charge < -0.3 is 29.7 Å². The van der Waals surface area contributed by atoms with Crippen molar-refractivity contribution < 1.29 is 32.9 Å². The quantitative estimate of drug-likeness (QED) is 0.0827. The van der Waals surface area contributed by atoms with Gasteiger partial charge in [-0.1, -0.05) is 6.07 Å². The Hall–Kier alpha value is -6.17. The lowest BCUT2D eigenvalue weighted by Gasteiger charge is -2.43. The Morgan fingerprint density at radius 1 is 0.870 bits per heavy atom.